The van der Waals surface area contributed by atoms with Gasteiger partial charge in [0, 0.05) is 1.43 Å². The van der Waals surface area contributed by atoms with E-state index in [2.05, 4.69) is 0 Å². The third kappa shape index (κ3) is 20.1. The predicted molar refractivity (Wildman–Crippen MR) is 23.4 cm³/mol. The summed E-state index contributed by atoms with van der Waals surface area (Å²) in [5, 5.41) is 7.32. The fraction of sp³-hybridized carbons (Fsp3) is 0. The van der Waals surface area contributed by atoms with E-state index in [1.54, 1.807) is 5.97 Å². The van der Waals surface area contributed by atoms with Crippen LogP contribution in [-0.4, -0.2) is 37.4 Å². The van der Waals surface area contributed by atoms with Crippen LogP contribution < -0.4 is 0 Å². The predicted octanol–water partition coefficient (Wildman–Crippen LogP) is -1.30. The standard InChI is InChI=1S/CH2BN.Na.H2.H/c2-1-3;;;/h2H2;;1H;/i;;1+1;. The molecular formula is CH5BNNa. The Labute approximate surface area is 50.2 Å². The molecule has 0 aliphatic rings. The molecule has 0 N–H and O–H groups in total. The molecule has 0 aromatic heterocycles. The Morgan fingerprint density at radius 1 is 2.00 bits per heavy atom. The van der Waals surface area contributed by atoms with Crippen LogP contribution in [0.3, 0.4) is 0 Å². The third-order valence-corrected chi connectivity index (χ3v) is 0. The van der Waals surface area contributed by atoms with Crippen molar-refractivity contribution in [3.63, 3.8) is 0 Å². The summed E-state index contributed by atoms with van der Waals surface area (Å²) < 4.78 is 0. The van der Waals surface area contributed by atoms with Crippen LogP contribution in [0.15, 0.2) is 0 Å². The fourth-order valence-corrected chi connectivity index (χ4v) is 0. The van der Waals surface area contributed by atoms with Crippen LogP contribution in [0.2, 0.25) is 0 Å². The van der Waals surface area contributed by atoms with Crippen LogP contribution in [0.5, 0.6) is 0 Å². The molecule has 0 aromatic rings. The van der Waals surface area contributed by atoms with Crippen molar-refractivity contribution in [1.82, 2.24) is 0 Å². The van der Waals surface area contributed by atoms with E-state index in [1.165, 1.54) is 7.85 Å². The second-order valence-corrected chi connectivity index (χ2v) is 0.224. The van der Waals surface area contributed by atoms with Crippen LogP contribution in [0.25, 0.3) is 0 Å². The van der Waals surface area contributed by atoms with Crippen molar-refractivity contribution < 1.29 is 1.43 Å². The fourth-order valence-electron chi connectivity index (χ4n) is 0. The van der Waals surface area contributed by atoms with Crippen LogP contribution >= 0.6 is 0 Å². The van der Waals surface area contributed by atoms with Crippen LogP contribution in [-0.2, 0) is 0 Å². The molecule has 0 radical (unpaired) electrons. The van der Waals surface area contributed by atoms with E-state index in [1.807, 2.05) is 0 Å². The Hall–Kier alpha value is 0.555. The number of nitrogens with zero attached hydrogens (tertiary/aromatic N) is 1. The van der Waals surface area contributed by atoms with Crippen molar-refractivity contribution >= 4 is 37.4 Å². The molecule has 1 nitrogen and oxygen atoms in total. The van der Waals surface area contributed by atoms with Crippen molar-refractivity contribution in [1.29, 1.82) is 5.26 Å². The van der Waals surface area contributed by atoms with Gasteiger partial charge < -0.3 is 0 Å². The molecule has 0 rings (SSSR count). The van der Waals surface area contributed by atoms with Gasteiger partial charge in [-0.3, -0.25) is 0 Å². The first-order chi connectivity index (χ1) is 1.41. The van der Waals surface area contributed by atoms with Gasteiger partial charge >= 0.3 is 29.6 Å². The van der Waals surface area contributed by atoms with Crippen LogP contribution in [0.1, 0.15) is 1.43 Å². The van der Waals surface area contributed by atoms with Crippen molar-refractivity contribution in [3.8, 4) is 5.97 Å². The van der Waals surface area contributed by atoms with Gasteiger partial charge in [-0.25, -0.2) is 5.26 Å². The Morgan fingerprint density at radius 2 is 2.00 bits per heavy atom. The molecule has 0 aromatic carbocycles. The zero-order valence-electron chi connectivity index (χ0n) is 1.95. The average Bonchev–Trinajstić information content (AvgIpc) is 0.918. The van der Waals surface area contributed by atoms with Gasteiger partial charge in [-0.15, -0.1) is 0 Å². The molecule has 0 atom stereocenters. The van der Waals surface area contributed by atoms with Crippen molar-refractivity contribution in [2.75, 3.05) is 0 Å². The van der Waals surface area contributed by atoms with E-state index in [9.17, 15) is 0 Å². The summed E-state index contributed by atoms with van der Waals surface area (Å²) in [6.45, 7) is 0. The quantitative estimate of drug-likeness (QED) is 0.322. The van der Waals surface area contributed by atoms with Crippen molar-refractivity contribution in [2.45, 2.75) is 0 Å². The van der Waals surface area contributed by atoms with E-state index in [-0.39, 0.29) is 31.0 Å². The molecule has 0 fully saturated rings. The minimum atomic E-state index is 0. The van der Waals surface area contributed by atoms with E-state index in [0.717, 1.165) is 0 Å². The zero-order valence-corrected chi connectivity index (χ0v) is 1.95. The van der Waals surface area contributed by atoms with Gasteiger partial charge in [-0.2, -0.15) is 0 Å². The van der Waals surface area contributed by atoms with Crippen LogP contribution in [0, 0.1) is 11.2 Å². The molecule has 0 amide bonds. The van der Waals surface area contributed by atoms with Gasteiger partial charge in [0.1, 0.15) is 0 Å². The van der Waals surface area contributed by atoms with Gasteiger partial charge in [-0.1, -0.05) is 0 Å². The molecule has 0 spiro atoms. The van der Waals surface area contributed by atoms with Crippen LogP contribution in [0.4, 0.5) is 0 Å². The average molecular weight is 65.9 g/mol. The molecule has 0 aliphatic carbocycles. The molecule has 3 heteroatoms. The molecule has 0 unspecified atom stereocenters. The number of rotatable bonds is 0. The normalized spacial score (nSPS) is 1.75. The molecule has 0 heterocycles. The maximum absolute atomic E-state index is 7.32. The zero-order chi connectivity index (χ0) is 2.71. The molecule has 0 bridgehead atoms. The summed E-state index contributed by atoms with van der Waals surface area (Å²) in [5.41, 5.74) is 0. The first-order valence-electron chi connectivity index (χ1n) is 0.724. The van der Waals surface area contributed by atoms with Gasteiger partial charge in [0.25, 0.3) is 0 Å². The SMILES string of the molecule is BC#N.[2HH].[NaH]. The first kappa shape index (κ1) is 8.82. The summed E-state index contributed by atoms with van der Waals surface area (Å²) in [7, 11) is 1.43. The Morgan fingerprint density at radius 3 is 2.00 bits per heavy atom. The summed E-state index contributed by atoms with van der Waals surface area (Å²) in [4.78, 5) is 0. The Kier molecular flexibility index (Phi) is 21.2. The van der Waals surface area contributed by atoms with Crippen molar-refractivity contribution in [3.05, 3.63) is 0 Å². The van der Waals surface area contributed by atoms with Crippen molar-refractivity contribution in [2.24, 2.45) is 0 Å². The number of hydrogen-bond acceptors (Lipinski definition) is 1. The molecule has 4 heavy (non-hydrogen) atoms. The monoisotopic (exact) mass is 66.0 g/mol. The molecular weight excluding hydrogens is 59.8 g/mol. The van der Waals surface area contributed by atoms with E-state index in [4.69, 9.17) is 5.26 Å². The van der Waals surface area contributed by atoms with Gasteiger partial charge in [0.15, 0.2) is 0 Å². The van der Waals surface area contributed by atoms with Gasteiger partial charge in [0.05, 0.1) is 0 Å². The first-order valence-corrected chi connectivity index (χ1v) is 0.724. The van der Waals surface area contributed by atoms with Gasteiger partial charge in [0.2, 0.25) is 7.85 Å². The molecule has 0 aliphatic heterocycles. The summed E-state index contributed by atoms with van der Waals surface area (Å²) >= 11 is 0. The minimum absolute atomic E-state index is 0. The van der Waals surface area contributed by atoms with Gasteiger partial charge in [-0.05, 0) is 5.97 Å². The molecule has 0 saturated heterocycles. The summed E-state index contributed by atoms with van der Waals surface area (Å²) in [6, 6.07) is 0. The molecule has 0 saturated carbocycles. The second-order valence-electron chi connectivity index (χ2n) is 0.224. The van der Waals surface area contributed by atoms with E-state index < -0.39 is 0 Å². The number of hydrogen-bond donors (Lipinski definition) is 0. The van der Waals surface area contributed by atoms with E-state index >= 15 is 0 Å². The molecule has 18 valence electrons. The van der Waals surface area contributed by atoms with E-state index in [0.29, 0.717) is 0 Å². The second kappa shape index (κ2) is 9.60. The summed E-state index contributed by atoms with van der Waals surface area (Å²) in [6.07, 6.45) is 0. The Balaban J connectivity index is -0.0000000200. The Bertz CT molecular complexity index is 33.1. The topological polar surface area (TPSA) is 23.8 Å². The third-order valence-electron chi connectivity index (χ3n) is 0. The maximum atomic E-state index is 7.32. The number of nitriles is 1. The summed E-state index contributed by atoms with van der Waals surface area (Å²) in [5.74, 6) is 1.75.